The van der Waals surface area contributed by atoms with E-state index in [9.17, 15) is 45.3 Å². The average Bonchev–Trinajstić information content (AvgIpc) is 3.34. The number of aliphatic hydroxyl groups is 7. The van der Waals surface area contributed by atoms with Gasteiger partial charge in [-0.3, -0.25) is 9.59 Å². The van der Waals surface area contributed by atoms with E-state index in [1.165, 1.54) is 128 Å². The molecule has 0 aromatic heterocycles. The summed E-state index contributed by atoms with van der Waals surface area (Å²) in [5.41, 5.74) is 0. The zero-order valence-electron chi connectivity index (χ0n) is 43.1. The van der Waals surface area contributed by atoms with Gasteiger partial charge in [0.25, 0.3) is 0 Å². The van der Waals surface area contributed by atoms with Crippen LogP contribution in [0.4, 0.5) is 0 Å². The van der Waals surface area contributed by atoms with E-state index >= 15 is 0 Å². The molecule has 2 aliphatic rings. The van der Waals surface area contributed by atoms with Gasteiger partial charge >= 0.3 is 11.9 Å². The minimum absolute atomic E-state index is 0.170. The van der Waals surface area contributed by atoms with E-state index in [1.54, 1.807) is 0 Å². The van der Waals surface area contributed by atoms with Crippen LogP contribution in [0.15, 0.2) is 12.2 Å². The van der Waals surface area contributed by atoms with Crippen LogP contribution in [0.2, 0.25) is 0 Å². The molecule has 2 aliphatic heterocycles. The molecule has 0 bridgehead atoms. The van der Waals surface area contributed by atoms with Crippen molar-refractivity contribution in [3.63, 3.8) is 0 Å². The van der Waals surface area contributed by atoms with Crippen molar-refractivity contribution >= 4 is 11.9 Å². The summed E-state index contributed by atoms with van der Waals surface area (Å²) >= 11 is 0. The van der Waals surface area contributed by atoms with Crippen LogP contribution in [0.1, 0.15) is 226 Å². The molecule has 0 aliphatic carbocycles. The molecule has 69 heavy (non-hydrogen) atoms. The van der Waals surface area contributed by atoms with Crippen molar-refractivity contribution in [1.29, 1.82) is 0 Å². The van der Waals surface area contributed by atoms with Crippen molar-refractivity contribution in [1.82, 2.24) is 0 Å². The maximum absolute atomic E-state index is 13.0. The van der Waals surface area contributed by atoms with Crippen LogP contribution in [0.5, 0.6) is 0 Å². The SMILES string of the molecule is CCCCCCC/C=C/CCCCCCCC(=O)OC[C@H](CO[C@H]1O[C@@H](CO[C@H]2O[C@@H](CO)[C@@H](O)C(O)C2O)[C@@H](O)C(O)C1O)OC(=O)CCCCCCCCCCCCCCCCCCCCC. The van der Waals surface area contributed by atoms with Crippen LogP contribution in [-0.2, 0) is 38.0 Å². The number of unbranched alkanes of at least 4 members (excludes halogenated alkanes) is 28. The lowest BCUT2D eigenvalue weighted by molar-refractivity contribution is -0.332. The highest BCUT2D eigenvalue weighted by atomic mass is 16.7. The Morgan fingerprint density at radius 3 is 1.28 bits per heavy atom. The number of aliphatic hydroxyl groups excluding tert-OH is 7. The number of ether oxygens (including phenoxy) is 6. The van der Waals surface area contributed by atoms with E-state index in [1.807, 2.05) is 0 Å². The summed E-state index contributed by atoms with van der Waals surface area (Å²) < 4.78 is 33.6. The molecule has 0 aromatic carbocycles. The van der Waals surface area contributed by atoms with E-state index < -0.39 is 92.7 Å². The molecular formula is C54H100O15. The number of allylic oxidation sites excluding steroid dienone is 2. The Labute approximate surface area is 416 Å². The Morgan fingerprint density at radius 1 is 0.449 bits per heavy atom. The van der Waals surface area contributed by atoms with E-state index in [0.717, 1.165) is 57.8 Å². The first-order chi connectivity index (χ1) is 33.5. The minimum atomic E-state index is -1.76. The van der Waals surface area contributed by atoms with Gasteiger partial charge in [-0.15, -0.1) is 0 Å². The van der Waals surface area contributed by atoms with Crippen molar-refractivity contribution in [3.8, 4) is 0 Å². The van der Waals surface area contributed by atoms with Gasteiger partial charge in [0, 0.05) is 12.8 Å². The second-order valence-electron chi connectivity index (χ2n) is 19.8. The third-order valence-corrected chi connectivity index (χ3v) is 13.5. The Balaban J connectivity index is 1.77. The predicted molar refractivity (Wildman–Crippen MR) is 266 cm³/mol. The summed E-state index contributed by atoms with van der Waals surface area (Å²) in [5.74, 6) is -0.922. The van der Waals surface area contributed by atoms with Crippen molar-refractivity contribution in [3.05, 3.63) is 12.2 Å². The van der Waals surface area contributed by atoms with Gasteiger partial charge in [0.1, 0.15) is 55.4 Å². The van der Waals surface area contributed by atoms with Crippen molar-refractivity contribution < 1.29 is 73.8 Å². The van der Waals surface area contributed by atoms with Gasteiger partial charge in [0.05, 0.1) is 19.8 Å². The van der Waals surface area contributed by atoms with Crippen LogP contribution in [0.25, 0.3) is 0 Å². The molecule has 0 amide bonds. The first-order valence-electron chi connectivity index (χ1n) is 27.8. The van der Waals surface area contributed by atoms with E-state index in [2.05, 4.69) is 26.0 Å². The molecule has 15 heteroatoms. The fourth-order valence-electron chi connectivity index (χ4n) is 8.92. The summed E-state index contributed by atoms with van der Waals surface area (Å²) in [5, 5.41) is 72.2. The molecule has 15 nitrogen and oxygen atoms in total. The number of hydrogen-bond acceptors (Lipinski definition) is 15. The lowest BCUT2D eigenvalue weighted by Gasteiger charge is -2.42. The molecule has 2 saturated heterocycles. The van der Waals surface area contributed by atoms with Crippen LogP contribution >= 0.6 is 0 Å². The van der Waals surface area contributed by atoms with Gasteiger partial charge in [-0.2, -0.15) is 0 Å². The Morgan fingerprint density at radius 2 is 0.826 bits per heavy atom. The second kappa shape index (κ2) is 41.7. The van der Waals surface area contributed by atoms with Crippen LogP contribution in [0.3, 0.4) is 0 Å². The Bertz CT molecular complexity index is 1250. The highest BCUT2D eigenvalue weighted by molar-refractivity contribution is 5.70. The van der Waals surface area contributed by atoms with Crippen LogP contribution < -0.4 is 0 Å². The van der Waals surface area contributed by atoms with Gasteiger partial charge in [0.15, 0.2) is 18.7 Å². The van der Waals surface area contributed by atoms with Crippen molar-refractivity contribution in [2.24, 2.45) is 0 Å². The van der Waals surface area contributed by atoms with Crippen molar-refractivity contribution in [2.45, 2.75) is 293 Å². The molecule has 0 spiro atoms. The smallest absolute Gasteiger partial charge is 0.306 e. The lowest BCUT2D eigenvalue weighted by atomic mass is 9.98. The molecule has 2 fully saturated rings. The number of rotatable bonds is 44. The first kappa shape index (κ1) is 63.4. The number of hydrogen-bond donors (Lipinski definition) is 7. The molecule has 0 aromatic rings. The fraction of sp³-hybridized carbons (Fsp3) is 0.926. The van der Waals surface area contributed by atoms with Gasteiger partial charge in [-0.25, -0.2) is 0 Å². The quantitative estimate of drug-likeness (QED) is 0.0172. The largest absolute Gasteiger partial charge is 0.462 e. The molecule has 2 rings (SSSR count). The first-order valence-corrected chi connectivity index (χ1v) is 27.8. The summed E-state index contributed by atoms with van der Waals surface area (Å²) in [4.78, 5) is 25.8. The number of esters is 2. The van der Waals surface area contributed by atoms with E-state index in [4.69, 9.17) is 28.4 Å². The molecule has 4 unspecified atom stereocenters. The summed E-state index contributed by atoms with van der Waals surface area (Å²) in [7, 11) is 0. The molecule has 0 radical (unpaired) electrons. The summed E-state index contributed by atoms with van der Waals surface area (Å²) in [6.45, 7) is 2.61. The minimum Gasteiger partial charge on any atom is -0.462 e. The molecule has 0 saturated carbocycles. The maximum Gasteiger partial charge on any atom is 0.306 e. The molecule has 11 atom stereocenters. The standard InChI is InChI=1S/C54H100O15/c1-3-5-7-9-11-13-15-17-19-20-21-22-23-25-27-29-31-33-35-37-46(57)67-42(39-64-45(56)36-34-32-30-28-26-24-18-16-14-12-10-8-6-4-2)40-65-53-52(63)50(61)48(59)44(69-53)41-66-54-51(62)49(60)47(58)43(38-55)68-54/h16,18,42-44,47-55,58-63H,3-15,17,19-41H2,1-2H3/b18-16+/t42-,43+,44+,47-,48-,49?,50?,51?,52?,53+,54+/m1/s1. The maximum atomic E-state index is 13.0. The number of carbonyl (C=O) groups is 2. The summed E-state index contributed by atoms with van der Waals surface area (Å²) in [6.07, 6.45) is 25.2. The fourth-order valence-corrected chi connectivity index (χ4v) is 8.92. The van der Waals surface area contributed by atoms with Gasteiger partial charge < -0.3 is 64.2 Å². The van der Waals surface area contributed by atoms with Gasteiger partial charge in [-0.05, 0) is 38.5 Å². The zero-order chi connectivity index (χ0) is 50.3. The molecule has 7 N–H and O–H groups in total. The Hall–Kier alpha value is -1.76. The average molecular weight is 989 g/mol. The predicted octanol–water partition coefficient (Wildman–Crippen LogP) is 8.55. The van der Waals surface area contributed by atoms with Gasteiger partial charge in [-0.1, -0.05) is 187 Å². The number of carbonyl (C=O) groups excluding carboxylic acids is 2. The Kier molecular flexibility index (Phi) is 38.3. The molecular weight excluding hydrogens is 889 g/mol. The summed E-state index contributed by atoms with van der Waals surface area (Å²) in [6, 6.07) is 0. The third kappa shape index (κ3) is 29.5. The zero-order valence-corrected chi connectivity index (χ0v) is 43.1. The van der Waals surface area contributed by atoms with Crippen LogP contribution in [0, 0.1) is 0 Å². The highest BCUT2D eigenvalue weighted by Gasteiger charge is 2.47. The molecule has 2 heterocycles. The normalized spacial score (nSPS) is 25.6. The third-order valence-electron chi connectivity index (χ3n) is 13.5. The topological polar surface area (TPSA) is 231 Å². The highest BCUT2D eigenvalue weighted by Crippen LogP contribution is 2.27. The second-order valence-corrected chi connectivity index (χ2v) is 19.8. The monoisotopic (exact) mass is 989 g/mol. The van der Waals surface area contributed by atoms with Crippen molar-refractivity contribution in [2.75, 3.05) is 26.4 Å². The van der Waals surface area contributed by atoms with E-state index in [0.29, 0.717) is 12.8 Å². The van der Waals surface area contributed by atoms with Gasteiger partial charge in [0.2, 0.25) is 0 Å². The molecule has 406 valence electrons. The van der Waals surface area contributed by atoms with E-state index in [-0.39, 0.29) is 26.1 Å². The van der Waals surface area contributed by atoms with Crippen LogP contribution in [-0.4, -0.2) is 142 Å². The lowest BCUT2D eigenvalue weighted by Crippen LogP contribution is -2.61.